The minimum Gasteiger partial charge on any atom is -0.480 e. The highest BCUT2D eigenvalue weighted by Gasteiger charge is 2.16. The zero-order chi connectivity index (χ0) is 12.0. The summed E-state index contributed by atoms with van der Waals surface area (Å²) in [7, 11) is 1.48. The van der Waals surface area contributed by atoms with E-state index >= 15 is 0 Å². The van der Waals surface area contributed by atoms with Crippen LogP contribution in [0.25, 0.3) is 0 Å². The van der Waals surface area contributed by atoms with Crippen LogP contribution in [0, 0.1) is 6.92 Å². The molecule has 1 aromatic rings. The number of nitrogens with one attached hydrogen (secondary N) is 1. The Labute approximate surface area is 94.5 Å². The first-order valence-corrected chi connectivity index (χ1v) is 4.99. The molecule has 1 heterocycles. The molecule has 0 spiro atoms. The maximum atomic E-state index is 10.8. The van der Waals surface area contributed by atoms with Gasteiger partial charge in [-0.2, -0.15) is 0 Å². The molecule has 5 heteroatoms. The molecule has 0 aliphatic heterocycles. The Morgan fingerprint density at radius 1 is 1.69 bits per heavy atom. The molecule has 0 saturated heterocycles. The number of nitrogens with zero attached hydrogens (tertiary/aromatic N) is 1. The van der Waals surface area contributed by atoms with E-state index in [0.29, 0.717) is 6.54 Å². The number of carboxylic acid groups (broad SMARTS) is 1. The van der Waals surface area contributed by atoms with Crippen LogP contribution in [0.2, 0.25) is 0 Å². The monoisotopic (exact) mass is 224 g/mol. The van der Waals surface area contributed by atoms with Crippen molar-refractivity contribution in [2.45, 2.75) is 19.5 Å². The van der Waals surface area contributed by atoms with Gasteiger partial charge in [-0.15, -0.1) is 0 Å². The molecule has 0 aliphatic carbocycles. The van der Waals surface area contributed by atoms with Crippen LogP contribution < -0.4 is 5.32 Å². The molecule has 1 rings (SSSR count). The maximum Gasteiger partial charge on any atom is 0.323 e. The molecule has 0 aromatic carbocycles. The van der Waals surface area contributed by atoms with E-state index in [1.54, 1.807) is 12.4 Å². The van der Waals surface area contributed by atoms with Crippen molar-refractivity contribution in [3.05, 3.63) is 29.6 Å². The molecular formula is C11H16N2O3. The number of hydrogen-bond acceptors (Lipinski definition) is 4. The Kier molecular flexibility index (Phi) is 4.88. The van der Waals surface area contributed by atoms with Crippen LogP contribution in [0.4, 0.5) is 0 Å². The topological polar surface area (TPSA) is 71.5 Å². The Morgan fingerprint density at radius 3 is 3.00 bits per heavy atom. The summed E-state index contributed by atoms with van der Waals surface area (Å²) in [5.74, 6) is -0.914. The number of aliphatic carboxylic acids is 1. The number of rotatable bonds is 6. The van der Waals surface area contributed by atoms with Gasteiger partial charge < -0.3 is 9.84 Å². The zero-order valence-electron chi connectivity index (χ0n) is 9.43. The number of carbonyl (C=O) groups is 1. The summed E-state index contributed by atoms with van der Waals surface area (Å²) in [5.41, 5.74) is 2.08. The number of ether oxygens (including phenoxy) is 1. The maximum absolute atomic E-state index is 10.8. The van der Waals surface area contributed by atoms with Gasteiger partial charge in [0.2, 0.25) is 0 Å². The average molecular weight is 224 g/mol. The van der Waals surface area contributed by atoms with Crippen LogP contribution in [-0.4, -0.2) is 35.8 Å². The van der Waals surface area contributed by atoms with E-state index in [0.717, 1.165) is 11.1 Å². The van der Waals surface area contributed by atoms with Gasteiger partial charge in [-0.05, 0) is 24.1 Å². The van der Waals surface area contributed by atoms with Crippen molar-refractivity contribution in [2.75, 3.05) is 13.7 Å². The van der Waals surface area contributed by atoms with E-state index in [-0.39, 0.29) is 6.61 Å². The molecular weight excluding hydrogens is 208 g/mol. The van der Waals surface area contributed by atoms with Gasteiger partial charge in [0, 0.05) is 26.0 Å². The fourth-order valence-electron chi connectivity index (χ4n) is 1.30. The van der Waals surface area contributed by atoms with Crippen LogP contribution >= 0.6 is 0 Å². The molecule has 16 heavy (non-hydrogen) atoms. The first-order chi connectivity index (χ1) is 7.65. The minimum absolute atomic E-state index is 0.147. The summed E-state index contributed by atoms with van der Waals surface area (Å²) in [5, 5.41) is 11.8. The Morgan fingerprint density at radius 2 is 2.44 bits per heavy atom. The van der Waals surface area contributed by atoms with Crippen molar-refractivity contribution < 1.29 is 14.6 Å². The molecule has 2 N–H and O–H groups in total. The van der Waals surface area contributed by atoms with Gasteiger partial charge in [0.1, 0.15) is 6.04 Å². The van der Waals surface area contributed by atoms with E-state index in [1.165, 1.54) is 7.11 Å². The van der Waals surface area contributed by atoms with Crippen molar-refractivity contribution in [3.63, 3.8) is 0 Å². The van der Waals surface area contributed by atoms with Gasteiger partial charge in [-0.25, -0.2) is 0 Å². The molecule has 0 aliphatic rings. The summed E-state index contributed by atoms with van der Waals surface area (Å²) in [6.45, 7) is 2.58. The molecule has 0 saturated carbocycles. The van der Waals surface area contributed by atoms with Crippen molar-refractivity contribution in [2.24, 2.45) is 0 Å². The number of aryl methyl sites for hydroxylation is 1. The number of carboxylic acids is 1. The molecule has 0 fully saturated rings. The van der Waals surface area contributed by atoms with Crippen molar-refractivity contribution in [3.8, 4) is 0 Å². The Hall–Kier alpha value is -1.46. The van der Waals surface area contributed by atoms with Crippen molar-refractivity contribution in [1.29, 1.82) is 0 Å². The predicted octanol–water partition coefficient (Wildman–Crippen LogP) is 0.579. The number of hydrogen-bond donors (Lipinski definition) is 2. The van der Waals surface area contributed by atoms with E-state index in [9.17, 15) is 4.79 Å². The van der Waals surface area contributed by atoms with Gasteiger partial charge in [-0.1, -0.05) is 0 Å². The molecule has 0 bridgehead atoms. The first kappa shape index (κ1) is 12.6. The third kappa shape index (κ3) is 3.60. The lowest BCUT2D eigenvalue weighted by atomic mass is 10.1. The second kappa shape index (κ2) is 6.19. The van der Waals surface area contributed by atoms with Crippen LogP contribution in [-0.2, 0) is 16.1 Å². The lowest BCUT2D eigenvalue weighted by Gasteiger charge is -2.14. The van der Waals surface area contributed by atoms with Gasteiger partial charge in [-0.3, -0.25) is 15.1 Å². The third-order valence-electron chi connectivity index (χ3n) is 2.32. The third-order valence-corrected chi connectivity index (χ3v) is 2.32. The molecule has 1 aromatic heterocycles. The highest BCUT2D eigenvalue weighted by atomic mass is 16.5. The largest absolute Gasteiger partial charge is 0.480 e. The van der Waals surface area contributed by atoms with Crippen molar-refractivity contribution in [1.82, 2.24) is 10.3 Å². The van der Waals surface area contributed by atoms with Crippen LogP contribution in [0.1, 0.15) is 11.1 Å². The highest BCUT2D eigenvalue weighted by molar-refractivity contribution is 5.73. The van der Waals surface area contributed by atoms with Gasteiger partial charge >= 0.3 is 5.97 Å². The predicted molar refractivity (Wildman–Crippen MR) is 59.1 cm³/mol. The van der Waals surface area contributed by atoms with E-state index in [1.807, 2.05) is 13.0 Å². The quantitative estimate of drug-likeness (QED) is 0.739. The molecule has 1 unspecified atom stereocenters. The second-order valence-electron chi connectivity index (χ2n) is 3.53. The summed E-state index contributed by atoms with van der Waals surface area (Å²) >= 11 is 0. The van der Waals surface area contributed by atoms with E-state index in [2.05, 4.69) is 10.3 Å². The Bertz CT molecular complexity index is 355. The minimum atomic E-state index is -0.914. The normalized spacial score (nSPS) is 12.4. The lowest BCUT2D eigenvalue weighted by Crippen LogP contribution is -2.39. The summed E-state index contributed by atoms with van der Waals surface area (Å²) in [4.78, 5) is 14.8. The smallest absolute Gasteiger partial charge is 0.323 e. The number of methoxy groups -OCH3 is 1. The number of pyridine rings is 1. The standard InChI is InChI=1S/C11H16N2O3/c1-8-3-4-12-5-9(8)6-13-10(7-16-2)11(14)15/h3-5,10,13H,6-7H2,1-2H3,(H,14,15). The fourth-order valence-corrected chi connectivity index (χ4v) is 1.30. The van der Waals surface area contributed by atoms with Gasteiger partial charge in [0.05, 0.1) is 6.61 Å². The van der Waals surface area contributed by atoms with Gasteiger partial charge in [0.25, 0.3) is 0 Å². The summed E-state index contributed by atoms with van der Waals surface area (Å²) in [6, 6.07) is 1.20. The lowest BCUT2D eigenvalue weighted by molar-refractivity contribution is -0.140. The zero-order valence-corrected chi connectivity index (χ0v) is 9.43. The van der Waals surface area contributed by atoms with Crippen LogP contribution in [0.3, 0.4) is 0 Å². The SMILES string of the molecule is COCC(NCc1cnccc1C)C(=O)O. The molecule has 5 nitrogen and oxygen atoms in total. The average Bonchev–Trinajstić information content (AvgIpc) is 2.26. The molecule has 88 valence electrons. The molecule has 1 atom stereocenters. The number of aromatic nitrogens is 1. The van der Waals surface area contributed by atoms with Gasteiger partial charge in [0.15, 0.2) is 0 Å². The second-order valence-corrected chi connectivity index (χ2v) is 3.53. The Balaban J connectivity index is 2.55. The fraction of sp³-hybridized carbons (Fsp3) is 0.455. The van der Waals surface area contributed by atoms with Crippen molar-refractivity contribution >= 4 is 5.97 Å². The molecule has 0 amide bonds. The van der Waals surface area contributed by atoms with Crippen LogP contribution in [0.5, 0.6) is 0 Å². The van der Waals surface area contributed by atoms with Crippen LogP contribution in [0.15, 0.2) is 18.5 Å². The molecule has 0 radical (unpaired) electrons. The first-order valence-electron chi connectivity index (χ1n) is 4.99. The highest BCUT2D eigenvalue weighted by Crippen LogP contribution is 2.04. The van der Waals surface area contributed by atoms with E-state index < -0.39 is 12.0 Å². The summed E-state index contributed by atoms with van der Waals surface area (Å²) in [6.07, 6.45) is 3.44. The van der Waals surface area contributed by atoms with E-state index in [4.69, 9.17) is 9.84 Å². The summed E-state index contributed by atoms with van der Waals surface area (Å²) < 4.78 is 4.82.